The number of carbonyl (C=O) groups excluding carboxylic acids is 1. The zero-order valence-corrected chi connectivity index (χ0v) is 10.1. The predicted octanol–water partition coefficient (Wildman–Crippen LogP) is 0.934. The van der Waals surface area contributed by atoms with Crippen molar-refractivity contribution < 1.29 is 4.79 Å². The number of amides is 1. The van der Waals surface area contributed by atoms with E-state index in [0.29, 0.717) is 0 Å². The van der Waals surface area contributed by atoms with Gasteiger partial charge in [0.15, 0.2) is 0 Å². The zero-order valence-electron chi connectivity index (χ0n) is 8.51. The van der Waals surface area contributed by atoms with Gasteiger partial charge < -0.3 is 9.80 Å². The molecule has 0 spiro atoms. The van der Waals surface area contributed by atoms with E-state index in [9.17, 15) is 4.79 Å². The molecule has 1 heterocycles. The van der Waals surface area contributed by atoms with Gasteiger partial charge in [-0.3, -0.25) is 4.79 Å². The molecule has 0 atom stereocenters. The van der Waals surface area contributed by atoms with Crippen molar-refractivity contribution in [1.29, 1.82) is 0 Å². The van der Waals surface area contributed by atoms with Crippen LogP contribution < -0.4 is 0 Å². The fraction of sp³-hybridized carbons (Fsp3) is 0.889. The van der Waals surface area contributed by atoms with Gasteiger partial charge in [0.25, 0.3) is 0 Å². The van der Waals surface area contributed by atoms with E-state index in [2.05, 4.69) is 27.9 Å². The predicted molar refractivity (Wildman–Crippen MR) is 57.1 cm³/mol. The second-order valence-corrected chi connectivity index (χ2v) is 6.05. The molecule has 1 amide bonds. The van der Waals surface area contributed by atoms with Crippen molar-refractivity contribution in [2.75, 3.05) is 33.2 Å². The van der Waals surface area contributed by atoms with Crippen LogP contribution in [0.3, 0.4) is 0 Å². The van der Waals surface area contributed by atoms with Crippen LogP contribution >= 0.6 is 15.9 Å². The fourth-order valence-corrected chi connectivity index (χ4v) is 1.64. The number of alkyl halides is 1. The smallest absolute Gasteiger partial charge is 0.238 e. The molecule has 0 saturated carbocycles. The molecule has 1 saturated heterocycles. The number of rotatable bonds is 1. The van der Waals surface area contributed by atoms with E-state index < -0.39 is 4.32 Å². The van der Waals surface area contributed by atoms with Crippen LogP contribution in [0.4, 0.5) is 0 Å². The van der Waals surface area contributed by atoms with Gasteiger partial charge in [-0.25, -0.2) is 0 Å². The number of nitrogens with zero attached hydrogens (tertiary/aromatic N) is 2. The van der Waals surface area contributed by atoms with E-state index >= 15 is 0 Å². The van der Waals surface area contributed by atoms with Crippen LogP contribution in [0, 0.1) is 0 Å². The van der Waals surface area contributed by atoms with E-state index in [4.69, 9.17) is 0 Å². The van der Waals surface area contributed by atoms with Gasteiger partial charge in [-0.05, 0) is 20.9 Å². The summed E-state index contributed by atoms with van der Waals surface area (Å²) in [6.45, 7) is 7.46. The van der Waals surface area contributed by atoms with Crippen molar-refractivity contribution in [3.05, 3.63) is 0 Å². The summed E-state index contributed by atoms with van der Waals surface area (Å²) in [6.07, 6.45) is 0. The van der Waals surface area contributed by atoms with E-state index in [0.717, 1.165) is 26.2 Å². The zero-order chi connectivity index (χ0) is 10.1. The van der Waals surface area contributed by atoms with Crippen molar-refractivity contribution in [1.82, 2.24) is 9.80 Å². The van der Waals surface area contributed by atoms with Gasteiger partial charge in [-0.2, -0.15) is 0 Å². The number of likely N-dealkylation sites (N-methyl/N-ethyl adjacent to an activating group) is 1. The molecule has 0 aliphatic carbocycles. The SMILES string of the molecule is CN1CCN(C(=O)C(C)(C)Br)CC1. The molecule has 0 aromatic heterocycles. The summed E-state index contributed by atoms with van der Waals surface area (Å²) in [4.78, 5) is 16.0. The molecule has 0 N–H and O–H groups in total. The number of hydrogen-bond acceptors (Lipinski definition) is 2. The molecule has 3 nitrogen and oxygen atoms in total. The van der Waals surface area contributed by atoms with Crippen LogP contribution in [-0.4, -0.2) is 53.3 Å². The lowest BCUT2D eigenvalue weighted by Gasteiger charge is -2.35. The quantitative estimate of drug-likeness (QED) is 0.645. The molecular formula is C9H17BrN2O. The highest BCUT2D eigenvalue weighted by Gasteiger charge is 2.30. The Bertz CT molecular complexity index is 192. The van der Waals surface area contributed by atoms with Gasteiger partial charge >= 0.3 is 0 Å². The first kappa shape index (κ1) is 11.0. The first-order chi connectivity index (χ1) is 5.91. The summed E-state index contributed by atoms with van der Waals surface area (Å²) in [5.74, 6) is 0.195. The first-order valence-corrected chi connectivity index (χ1v) is 5.37. The van der Waals surface area contributed by atoms with E-state index in [-0.39, 0.29) is 5.91 Å². The van der Waals surface area contributed by atoms with Crippen molar-refractivity contribution in [2.45, 2.75) is 18.2 Å². The molecule has 1 aliphatic heterocycles. The molecule has 0 unspecified atom stereocenters. The van der Waals surface area contributed by atoms with E-state index in [1.54, 1.807) is 0 Å². The third-order valence-electron chi connectivity index (χ3n) is 2.30. The van der Waals surface area contributed by atoms with Gasteiger partial charge in [0.05, 0.1) is 4.32 Å². The lowest BCUT2D eigenvalue weighted by molar-refractivity contribution is -0.134. The Morgan fingerprint density at radius 2 is 1.69 bits per heavy atom. The van der Waals surface area contributed by atoms with Crippen LogP contribution in [-0.2, 0) is 4.79 Å². The average molecular weight is 249 g/mol. The second-order valence-electron chi connectivity index (χ2n) is 4.07. The minimum atomic E-state index is -0.414. The first-order valence-electron chi connectivity index (χ1n) is 4.58. The Labute approximate surface area is 88.2 Å². The maximum Gasteiger partial charge on any atom is 0.238 e. The highest BCUT2D eigenvalue weighted by molar-refractivity contribution is 9.10. The minimum Gasteiger partial charge on any atom is -0.339 e. The molecule has 0 bridgehead atoms. The van der Waals surface area contributed by atoms with Gasteiger partial charge in [0, 0.05) is 26.2 Å². The Morgan fingerprint density at radius 1 is 1.23 bits per heavy atom. The van der Waals surface area contributed by atoms with Crippen molar-refractivity contribution >= 4 is 21.8 Å². The topological polar surface area (TPSA) is 23.6 Å². The monoisotopic (exact) mass is 248 g/mol. The summed E-state index contributed by atoms with van der Waals surface area (Å²) in [5, 5.41) is 0. The highest BCUT2D eigenvalue weighted by atomic mass is 79.9. The van der Waals surface area contributed by atoms with E-state index in [1.165, 1.54) is 0 Å². The third-order valence-corrected chi connectivity index (χ3v) is 2.64. The summed E-state index contributed by atoms with van der Waals surface area (Å²) < 4.78 is -0.414. The van der Waals surface area contributed by atoms with Crippen LogP contribution in [0.15, 0.2) is 0 Å². The maximum atomic E-state index is 11.8. The molecular weight excluding hydrogens is 232 g/mol. The maximum absolute atomic E-state index is 11.8. The summed E-state index contributed by atoms with van der Waals surface area (Å²) >= 11 is 3.39. The highest BCUT2D eigenvalue weighted by Crippen LogP contribution is 2.19. The van der Waals surface area contributed by atoms with Crippen molar-refractivity contribution in [3.8, 4) is 0 Å². The summed E-state index contributed by atoms with van der Waals surface area (Å²) in [6, 6.07) is 0. The fourth-order valence-electron chi connectivity index (χ4n) is 1.39. The van der Waals surface area contributed by atoms with Crippen molar-refractivity contribution in [3.63, 3.8) is 0 Å². The van der Waals surface area contributed by atoms with E-state index in [1.807, 2.05) is 18.7 Å². The Hall–Kier alpha value is -0.0900. The Kier molecular flexibility index (Phi) is 3.35. The average Bonchev–Trinajstić information content (AvgIpc) is 2.03. The number of carbonyl (C=O) groups is 1. The summed E-state index contributed by atoms with van der Waals surface area (Å²) in [5.41, 5.74) is 0. The molecule has 76 valence electrons. The van der Waals surface area contributed by atoms with Gasteiger partial charge in [-0.15, -0.1) is 0 Å². The van der Waals surface area contributed by atoms with Crippen molar-refractivity contribution in [2.24, 2.45) is 0 Å². The molecule has 1 aliphatic rings. The lowest BCUT2D eigenvalue weighted by Crippen LogP contribution is -2.51. The Morgan fingerprint density at radius 3 is 2.08 bits per heavy atom. The van der Waals surface area contributed by atoms with Gasteiger partial charge in [0.1, 0.15) is 0 Å². The lowest BCUT2D eigenvalue weighted by atomic mass is 10.1. The molecule has 0 aromatic carbocycles. The third kappa shape index (κ3) is 2.95. The molecule has 1 fully saturated rings. The number of piperazine rings is 1. The number of halogens is 1. The summed E-state index contributed by atoms with van der Waals surface area (Å²) in [7, 11) is 2.08. The van der Waals surface area contributed by atoms with Crippen LogP contribution in [0.1, 0.15) is 13.8 Å². The van der Waals surface area contributed by atoms with Crippen LogP contribution in [0.2, 0.25) is 0 Å². The van der Waals surface area contributed by atoms with Crippen LogP contribution in [0.5, 0.6) is 0 Å². The van der Waals surface area contributed by atoms with Crippen LogP contribution in [0.25, 0.3) is 0 Å². The normalized spacial score (nSPS) is 20.5. The molecule has 4 heteroatoms. The standard InChI is InChI=1S/C9H17BrN2O/c1-9(2,10)8(13)12-6-4-11(3)5-7-12/h4-7H2,1-3H3. The molecule has 13 heavy (non-hydrogen) atoms. The molecule has 0 radical (unpaired) electrons. The molecule has 1 rings (SSSR count). The van der Waals surface area contributed by atoms with Gasteiger partial charge in [0.2, 0.25) is 5.91 Å². The number of hydrogen-bond donors (Lipinski definition) is 0. The van der Waals surface area contributed by atoms with Gasteiger partial charge in [-0.1, -0.05) is 15.9 Å². The Balaban J connectivity index is 2.50. The second kappa shape index (κ2) is 3.96. The molecule has 0 aromatic rings. The minimum absolute atomic E-state index is 0.195. The largest absolute Gasteiger partial charge is 0.339 e.